The number of rotatable bonds is 4. The number of amides is 1. The van der Waals surface area contributed by atoms with Crippen LogP contribution >= 0.6 is 11.6 Å². The van der Waals surface area contributed by atoms with Gasteiger partial charge in [0.15, 0.2) is 0 Å². The van der Waals surface area contributed by atoms with E-state index in [0.29, 0.717) is 23.0 Å². The molecule has 2 rings (SSSR count). The monoisotopic (exact) mass is 309 g/mol. The van der Waals surface area contributed by atoms with Crippen LogP contribution in [0.1, 0.15) is 34.4 Å². The third-order valence-corrected chi connectivity index (χ3v) is 3.93. The minimum absolute atomic E-state index is 0.147. The first-order valence-electron chi connectivity index (χ1n) is 6.82. The van der Waals surface area contributed by atoms with Crippen LogP contribution in [0, 0.1) is 13.8 Å². The van der Waals surface area contributed by atoms with Gasteiger partial charge >= 0.3 is 0 Å². The van der Waals surface area contributed by atoms with E-state index >= 15 is 0 Å². The zero-order valence-corrected chi connectivity index (χ0v) is 13.8. The highest BCUT2D eigenvalue weighted by Gasteiger charge is 2.22. The maximum atomic E-state index is 12.5. The summed E-state index contributed by atoms with van der Waals surface area (Å²) in [5.41, 5.74) is 3.04. The first kappa shape index (κ1) is 15.6. The fraction of sp³-hybridized carbons (Fsp3) is 0.500. The van der Waals surface area contributed by atoms with Gasteiger partial charge in [0.2, 0.25) is 0 Å². The number of aromatic nitrogens is 4. The minimum atomic E-state index is -0.147. The van der Waals surface area contributed by atoms with Crippen molar-refractivity contribution in [2.45, 2.75) is 33.9 Å². The second-order valence-corrected chi connectivity index (χ2v) is 5.51. The molecule has 0 unspecified atom stereocenters. The zero-order valence-electron chi connectivity index (χ0n) is 13.0. The van der Waals surface area contributed by atoms with Crippen LogP contribution in [0.15, 0.2) is 6.20 Å². The molecule has 0 atom stereocenters. The number of aryl methyl sites for hydroxylation is 4. The molecule has 1 amide bonds. The molecule has 0 saturated carbocycles. The summed E-state index contributed by atoms with van der Waals surface area (Å²) in [6.07, 6.45) is 1.97. The molecule has 2 heterocycles. The molecule has 0 aliphatic heterocycles. The van der Waals surface area contributed by atoms with Gasteiger partial charge in [0, 0.05) is 38.9 Å². The Kier molecular flexibility index (Phi) is 4.37. The molecule has 2 aromatic heterocycles. The lowest BCUT2D eigenvalue weighted by Crippen LogP contribution is -2.28. The number of carbonyl (C=O) groups is 1. The van der Waals surface area contributed by atoms with Crippen LogP contribution in [0.25, 0.3) is 0 Å². The van der Waals surface area contributed by atoms with Gasteiger partial charge in [-0.05, 0) is 20.8 Å². The highest BCUT2D eigenvalue weighted by molar-refractivity contribution is 6.34. The van der Waals surface area contributed by atoms with E-state index in [0.717, 1.165) is 17.8 Å². The highest BCUT2D eigenvalue weighted by Crippen LogP contribution is 2.21. The maximum Gasteiger partial charge on any atom is 0.273 e. The van der Waals surface area contributed by atoms with Crippen LogP contribution < -0.4 is 0 Å². The molecule has 6 nitrogen and oxygen atoms in total. The van der Waals surface area contributed by atoms with Crippen molar-refractivity contribution >= 4 is 17.5 Å². The molecule has 0 saturated heterocycles. The lowest BCUT2D eigenvalue weighted by molar-refractivity contribution is 0.0774. The van der Waals surface area contributed by atoms with E-state index in [9.17, 15) is 4.79 Å². The summed E-state index contributed by atoms with van der Waals surface area (Å²) in [4.78, 5) is 14.2. The third kappa shape index (κ3) is 2.95. The van der Waals surface area contributed by atoms with Crippen molar-refractivity contribution in [1.29, 1.82) is 0 Å². The second kappa shape index (κ2) is 5.89. The molecule has 21 heavy (non-hydrogen) atoms. The Labute approximate surface area is 129 Å². The zero-order chi connectivity index (χ0) is 15.7. The summed E-state index contributed by atoms with van der Waals surface area (Å²) in [7, 11) is 3.48. The van der Waals surface area contributed by atoms with Crippen LogP contribution in [0.4, 0.5) is 0 Å². The topological polar surface area (TPSA) is 56.0 Å². The molecule has 0 aliphatic rings. The molecule has 0 fully saturated rings. The Hall–Kier alpha value is -1.82. The smallest absolute Gasteiger partial charge is 0.273 e. The summed E-state index contributed by atoms with van der Waals surface area (Å²) in [5.74, 6) is -0.147. The molecule has 2 aromatic rings. The van der Waals surface area contributed by atoms with Gasteiger partial charge in [-0.25, -0.2) is 0 Å². The van der Waals surface area contributed by atoms with Crippen molar-refractivity contribution < 1.29 is 4.79 Å². The van der Waals surface area contributed by atoms with Gasteiger partial charge in [0.1, 0.15) is 5.69 Å². The summed E-state index contributed by atoms with van der Waals surface area (Å²) >= 11 is 6.17. The first-order chi connectivity index (χ1) is 9.85. The Morgan fingerprint density at radius 3 is 2.48 bits per heavy atom. The standard InChI is InChI=1S/C14H20ClN5O/c1-6-20-8-11(9(2)17-20)7-18(4)14(21)13-12(15)10(3)16-19(13)5/h8H,6-7H2,1-5H3. The molecule has 0 aromatic carbocycles. The highest BCUT2D eigenvalue weighted by atomic mass is 35.5. The quantitative estimate of drug-likeness (QED) is 0.870. The summed E-state index contributed by atoms with van der Waals surface area (Å²) < 4.78 is 3.39. The predicted octanol–water partition coefficient (Wildman–Crippen LogP) is 2.18. The number of halogens is 1. The Balaban J connectivity index is 2.21. The second-order valence-electron chi connectivity index (χ2n) is 5.13. The van der Waals surface area contributed by atoms with Crippen molar-refractivity contribution in [2.24, 2.45) is 7.05 Å². The van der Waals surface area contributed by atoms with Gasteiger partial charge in [-0.15, -0.1) is 0 Å². The average Bonchev–Trinajstić information content (AvgIpc) is 2.90. The molecule has 0 spiro atoms. The van der Waals surface area contributed by atoms with Crippen molar-refractivity contribution in [3.8, 4) is 0 Å². The number of hydrogen-bond acceptors (Lipinski definition) is 3. The van der Waals surface area contributed by atoms with Crippen molar-refractivity contribution in [3.63, 3.8) is 0 Å². The van der Waals surface area contributed by atoms with Crippen LogP contribution in [-0.4, -0.2) is 37.4 Å². The maximum absolute atomic E-state index is 12.5. The van der Waals surface area contributed by atoms with Gasteiger partial charge < -0.3 is 4.90 Å². The molecule has 0 bridgehead atoms. The van der Waals surface area contributed by atoms with Crippen LogP contribution in [0.2, 0.25) is 5.02 Å². The molecule has 0 radical (unpaired) electrons. The minimum Gasteiger partial charge on any atom is -0.336 e. The van der Waals surface area contributed by atoms with Crippen molar-refractivity contribution in [2.75, 3.05) is 7.05 Å². The number of nitrogens with zero attached hydrogens (tertiary/aromatic N) is 5. The summed E-state index contributed by atoms with van der Waals surface area (Å²) in [5, 5.41) is 8.98. The summed E-state index contributed by atoms with van der Waals surface area (Å²) in [6.45, 7) is 7.06. The lowest BCUT2D eigenvalue weighted by Gasteiger charge is -2.17. The average molecular weight is 310 g/mol. The molecular weight excluding hydrogens is 290 g/mol. The largest absolute Gasteiger partial charge is 0.336 e. The van der Waals surface area contributed by atoms with Crippen LogP contribution in [0.5, 0.6) is 0 Å². The normalized spacial score (nSPS) is 11.0. The van der Waals surface area contributed by atoms with Gasteiger partial charge in [-0.3, -0.25) is 14.2 Å². The van der Waals surface area contributed by atoms with E-state index in [1.807, 2.05) is 24.7 Å². The van der Waals surface area contributed by atoms with Gasteiger partial charge in [0.05, 0.1) is 16.4 Å². The fourth-order valence-corrected chi connectivity index (χ4v) is 2.49. The Bertz CT molecular complexity index is 673. The van der Waals surface area contributed by atoms with Gasteiger partial charge in [-0.2, -0.15) is 10.2 Å². The molecule has 7 heteroatoms. The van der Waals surface area contributed by atoms with E-state index in [4.69, 9.17) is 11.6 Å². The Morgan fingerprint density at radius 1 is 1.33 bits per heavy atom. The van der Waals surface area contributed by atoms with E-state index in [1.54, 1.807) is 25.9 Å². The Morgan fingerprint density at radius 2 is 2.00 bits per heavy atom. The van der Waals surface area contributed by atoms with Crippen molar-refractivity contribution in [3.05, 3.63) is 33.9 Å². The molecule has 114 valence electrons. The number of carbonyl (C=O) groups excluding carboxylic acids is 1. The molecule has 0 aliphatic carbocycles. The third-order valence-electron chi connectivity index (χ3n) is 3.48. The van der Waals surface area contributed by atoms with Crippen LogP contribution in [-0.2, 0) is 20.1 Å². The van der Waals surface area contributed by atoms with E-state index in [1.165, 1.54) is 4.68 Å². The summed E-state index contributed by atoms with van der Waals surface area (Å²) in [6, 6.07) is 0. The van der Waals surface area contributed by atoms with Crippen molar-refractivity contribution in [1.82, 2.24) is 24.5 Å². The fourth-order valence-electron chi connectivity index (χ4n) is 2.25. The predicted molar refractivity (Wildman–Crippen MR) is 81.4 cm³/mol. The van der Waals surface area contributed by atoms with E-state index < -0.39 is 0 Å². The van der Waals surface area contributed by atoms with E-state index in [-0.39, 0.29) is 5.91 Å². The SMILES string of the molecule is CCn1cc(CN(C)C(=O)c2c(Cl)c(C)nn2C)c(C)n1. The first-order valence-corrected chi connectivity index (χ1v) is 7.20. The molecule has 0 N–H and O–H groups in total. The lowest BCUT2D eigenvalue weighted by atomic mass is 10.2. The van der Waals surface area contributed by atoms with Gasteiger partial charge in [-0.1, -0.05) is 11.6 Å². The number of hydrogen-bond donors (Lipinski definition) is 0. The van der Waals surface area contributed by atoms with E-state index in [2.05, 4.69) is 10.2 Å². The molecular formula is C14H20ClN5O. The van der Waals surface area contributed by atoms with Crippen LogP contribution in [0.3, 0.4) is 0 Å². The van der Waals surface area contributed by atoms with Gasteiger partial charge in [0.25, 0.3) is 5.91 Å².